The van der Waals surface area contributed by atoms with E-state index in [9.17, 15) is 10.1 Å². The van der Waals surface area contributed by atoms with Gasteiger partial charge in [-0.3, -0.25) is 4.79 Å². The molecular formula is C25H20Cl2N2O3. The van der Waals surface area contributed by atoms with E-state index in [0.717, 1.165) is 11.1 Å². The van der Waals surface area contributed by atoms with E-state index in [1.807, 2.05) is 25.1 Å². The second-order valence-electron chi connectivity index (χ2n) is 6.91. The summed E-state index contributed by atoms with van der Waals surface area (Å²) in [5, 5.41) is 13.3. The maximum atomic E-state index is 12.5. The molecule has 3 rings (SSSR count). The SMILES string of the molecule is COc1cc(/C=C(\C#N)C(=O)Nc2ccc(C)c(Cl)c2)ccc1OCc1ccc(Cl)cc1. The minimum atomic E-state index is -0.533. The van der Waals surface area contributed by atoms with E-state index in [1.165, 1.54) is 13.2 Å². The highest BCUT2D eigenvalue weighted by Crippen LogP contribution is 2.30. The van der Waals surface area contributed by atoms with Gasteiger partial charge >= 0.3 is 0 Å². The largest absolute Gasteiger partial charge is 0.493 e. The molecule has 0 aliphatic carbocycles. The molecule has 3 aromatic rings. The van der Waals surface area contributed by atoms with E-state index < -0.39 is 5.91 Å². The van der Waals surface area contributed by atoms with Gasteiger partial charge in [-0.05, 0) is 66.1 Å². The van der Waals surface area contributed by atoms with Crippen molar-refractivity contribution in [3.8, 4) is 17.6 Å². The Balaban J connectivity index is 1.75. The molecule has 0 atom stereocenters. The molecule has 32 heavy (non-hydrogen) atoms. The van der Waals surface area contributed by atoms with Crippen molar-refractivity contribution in [2.45, 2.75) is 13.5 Å². The summed E-state index contributed by atoms with van der Waals surface area (Å²) in [6.07, 6.45) is 1.48. The van der Waals surface area contributed by atoms with Crippen molar-refractivity contribution in [1.29, 1.82) is 5.26 Å². The van der Waals surface area contributed by atoms with Gasteiger partial charge in [-0.25, -0.2) is 0 Å². The van der Waals surface area contributed by atoms with Gasteiger partial charge < -0.3 is 14.8 Å². The number of anilines is 1. The Morgan fingerprint density at radius 2 is 1.81 bits per heavy atom. The quantitative estimate of drug-likeness (QED) is 0.321. The molecule has 0 saturated carbocycles. The van der Waals surface area contributed by atoms with Gasteiger partial charge in [0.2, 0.25) is 0 Å². The van der Waals surface area contributed by atoms with Crippen molar-refractivity contribution in [1.82, 2.24) is 0 Å². The topological polar surface area (TPSA) is 71.3 Å². The summed E-state index contributed by atoms with van der Waals surface area (Å²) < 4.78 is 11.3. The van der Waals surface area contributed by atoms with Crippen molar-refractivity contribution in [3.63, 3.8) is 0 Å². The summed E-state index contributed by atoms with van der Waals surface area (Å²) >= 11 is 12.0. The molecule has 0 fully saturated rings. The van der Waals surface area contributed by atoms with Gasteiger partial charge in [-0.2, -0.15) is 5.26 Å². The molecule has 5 nitrogen and oxygen atoms in total. The number of carbonyl (C=O) groups excluding carboxylic acids is 1. The summed E-state index contributed by atoms with van der Waals surface area (Å²) in [6, 6.07) is 19.6. The summed E-state index contributed by atoms with van der Waals surface area (Å²) in [5.74, 6) is 0.488. The maximum absolute atomic E-state index is 12.5. The highest BCUT2D eigenvalue weighted by atomic mass is 35.5. The van der Waals surface area contributed by atoms with Crippen LogP contribution in [0.3, 0.4) is 0 Å². The van der Waals surface area contributed by atoms with E-state index >= 15 is 0 Å². The Hall–Kier alpha value is -3.46. The predicted octanol–water partition coefficient (Wildman–Crippen LogP) is 6.44. The molecule has 0 aromatic heterocycles. The third-order valence-electron chi connectivity index (χ3n) is 4.60. The number of halogens is 2. The van der Waals surface area contributed by atoms with Crippen LogP contribution in [0.5, 0.6) is 11.5 Å². The number of benzene rings is 3. The second kappa shape index (κ2) is 10.7. The highest BCUT2D eigenvalue weighted by molar-refractivity contribution is 6.31. The number of aryl methyl sites for hydroxylation is 1. The first-order valence-corrected chi connectivity index (χ1v) is 10.4. The number of amides is 1. The second-order valence-corrected chi connectivity index (χ2v) is 7.76. The summed E-state index contributed by atoms with van der Waals surface area (Å²) in [5.41, 5.74) is 2.93. The number of methoxy groups -OCH3 is 1. The van der Waals surface area contributed by atoms with E-state index in [-0.39, 0.29) is 5.57 Å². The number of hydrogen-bond donors (Lipinski definition) is 1. The van der Waals surface area contributed by atoms with Crippen LogP contribution in [0.2, 0.25) is 10.0 Å². The van der Waals surface area contributed by atoms with Crippen molar-refractivity contribution in [3.05, 3.63) is 93.0 Å². The predicted molar refractivity (Wildman–Crippen MR) is 127 cm³/mol. The number of rotatable bonds is 7. The number of hydrogen-bond acceptors (Lipinski definition) is 4. The Labute approximate surface area is 196 Å². The van der Waals surface area contributed by atoms with Gasteiger partial charge in [0, 0.05) is 15.7 Å². The normalized spacial score (nSPS) is 10.9. The maximum Gasteiger partial charge on any atom is 0.266 e. The highest BCUT2D eigenvalue weighted by Gasteiger charge is 2.12. The van der Waals surface area contributed by atoms with Crippen LogP contribution in [0, 0.1) is 18.3 Å². The molecule has 1 N–H and O–H groups in total. The minimum absolute atomic E-state index is 0.0569. The standard InChI is InChI=1S/C25H20Cl2N2O3/c1-16-3-9-21(13-22(16)27)29-25(30)19(14-28)11-18-6-10-23(24(12-18)31-2)32-15-17-4-7-20(26)8-5-17/h3-13H,15H2,1-2H3,(H,29,30)/b19-11+. The van der Waals surface area contributed by atoms with Crippen LogP contribution in [-0.4, -0.2) is 13.0 Å². The Bertz CT molecular complexity index is 1200. The van der Waals surface area contributed by atoms with Crippen LogP contribution in [-0.2, 0) is 11.4 Å². The van der Waals surface area contributed by atoms with Crippen LogP contribution in [0.1, 0.15) is 16.7 Å². The lowest BCUT2D eigenvalue weighted by Gasteiger charge is -2.12. The third kappa shape index (κ3) is 6.04. The molecule has 1 amide bonds. The number of ether oxygens (including phenoxy) is 2. The number of nitrogens with one attached hydrogen (secondary N) is 1. The Kier molecular flexibility index (Phi) is 7.77. The molecule has 0 heterocycles. The van der Waals surface area contributed by atoms with Crippen LogP contribution in [0.4, 0.5) is 5.69 Å². The molecule has 0 unspecified atom stereocenters. The number of nitriles is 1. The van der Waals surface area contributed by atoms with Gasteiger partial charge in [0.15, 0.2) is 11.5 Å². The average Bonchev–Trinajstić information content (AvgIpc) is 2.79. The fourth-order valence-corrected chi connectivity index (χ4v) is 3.13. The van der Waals surface area contributed by atoms with Gasteiger partial charge in [-0.15, -0.1) is 0 Å². The minimum Gasteiger partial charge on any atom is -0.493 e. The Morgan fingerprint density at radius 1 is 1.06 bits per heavy atom. The molecule has 0 bridgehead atoms. The van der Waals surface area contributed by atoms with Crippen LogP contribution in [0.25, 0.3) is 6.08 Å². The third-order valence-corrected chi connectivity index (χ3v) is 5.26. The Morgan fingerprint density at radius 3 is 2.47 bits per heavy atom. The molecule has 0 aliphatic rings. The monoisotopic (exact) mass is 466 g/mol. The van der Waals surface area contributed by atoms with E-state index in [2.05, 4.69) is 5.32 Å². The molecule has 0 saturated heterocycles. The first kappa shape index (κ1) is 23.2. The molecule has 162 valence electrons. The lowest BCUT2D eigenvalue weighted by Crippen LogP contribution is -2.13. The number of nitrogens with zero attached hydrogens (tertiary/aromatic N) is 1. The summed E-state index contributed by atoms with van der Waals surface area (Å²) in [7, 11) is 1.52. The van der Waals surface area contributed by atoms with Crippen molar-refractivity contribution >= 4 is 40.9 Å². The zero-order valence-electron chi connectivity index (χ0n) is 17.5. The molecule has 3 aromatic carbocycles. The van der Waals surface area contributed by atoms with Gasteiger partial charge in [0.25, 0.3) is 5.91 Å². The molecular weight excluding hydrogens is 447 g/mol. The van der Waals surface area contributed by atoms with Crippen LogP contribution >= 0.6 is 23.2 Å². The molecule has 7 heteroatoms. The van der Waals surface area contributed by atoms with Crippen molar-refractivity contribution in [2.75, 3.05) is 12.4 Å². The fraction of sp³-hybridized carbons (Fsp3) is 0.120. The lowest BCUT2D eigenvalue weighted by atomic mass is 10.1. The molecule has 0 radical (unpaired) electrons. The first-order valence-electron chi connectivity index (χ1n) is 9.64. The van der Waals surface area contributed by atoms with Crippen molar-refractivity contribution in [2.24, 2.45) is 0 Å². The van der Waals surface area contributed by atoms with Crippen LogP contribution < -0.4 is 14.8 Å². The molecule has 0 spiro atoms. The smallest absolute Gasteiger partial charge is 0.266 e. The van der Waals surface area contributed by atoms with Crippen LogP contribution in [0.15, 0.2) is 66.2 Å². The first-order chi connectivity index (χ1) is 15.4. The van der Waals surface area contributed by atoms with E-state index in [1.54, 1.807) is 48.5 Å². The van der Waals surface area contributed by atoms with Gasteiger partial charge in [0.1, 0.15) is 18.2 Å². The van der Waals surface area contributed by atoms with E-state index in [0.29, 0.717) is 39.4 Å². The van der Waals surface area contributed by atoms with E-state index in [4.69, 9.17) is 32.7 Å². The lowest BCUT2D eigenvalue weighted by molar-refractivity contribution is -0.112. The average molecular weight is 467 g/mol. The summed E-state index contributed by atoms with van der Waals surface area (Å²) in [4.78, 5) is 12.5. The van der Waals surface area contributed by atoms with Crippen molar-refractivity contribution < 1.29 is 14.3 Å². The zero-order valence-corrected chi connectivity index (χ0v) is 19.0. The summed E-state index contributed by atoms with van der Waals surface area (Å²) in [6.45, 7) is 2.21. The molecule has 0 aliphatic heterocycles. The number of carbonyl (C=O) groups is 1. The van der Waals surface area contributed by atoms with Gasteiger partial charge in [-0.1, -0.05) is 47.5 Å². The fourth-order valence-electron chi connectivity index (χ4n) is 2.82. The van der Waals surface area contributed by atoms with Gasteiger partial charge in [0.05, 0.1) is 7.11 Å². The zero-order chi connectivity index (χ0) is 23.1.